The Morgan fingerprint density at radius 2 is 1.94 bits per heavy atom. The Morgan fingerprint density at radius 3 is 2.50 bits per heavy atom. The van der Waals surface area contributed by atoms with Crippen LogP contribution in [-0.2, 0) is 9.09 Å². The van der Waals surface area contributed by atoms with Crippen LogP contribution >= 0.6 is 7.68 Å². The molecule has 1 aliphatic carbocycles. The molecule has 0 amide bonds. The van der Waals surface area contributed by atoms with Gasteiger partial charge in [0.15, 0.2) is 0 Å². The van der Waals surface area contributed by atoms with Crippen LogP contribution in [0.25, 0.3) is 0 Å². The fraction of sp³-hybridized carbons (Fsp3) is 1.00. The quantitative estimate of drug-likeness (QED) is 0.493. The highest BCUT2D eigenvalue weighted by Gasteiger charge is 2.26. The van der Waals surface area contributed by atoms with Gasteiger partial charge in [-0.1, -0.05) is 46.0 Å². The van der Waals surface area contributed by atoms with Gasteiger partial charge in [-0.25, -0.2) is 0 Å². The number of hydrogen-bond acceptors (Lipinski definition) is 2. The molecule has 96 valence electrons. The van der Waals surface area contributed by atoms with Crippen molar-refractivity contribution in [2.45, 2.75) is 64.5 Å². The van der Waals surface area contributed by atoms with Crippen LogP contribution in [0, 0.1) is 5.92 Å². The number of halogens is 1. The van der Waals surface area contributed by atoms with Crippen LogP contribution in [0.4, 0.5) is 4.20 Å². The van der Waals surface area contributed by atoms with Gasteiger partial charge in [0.2, 0.25) is 0 Å². The highest BCUT2D eigenvalue weighted by atomic mass is 31.2. The third kappa shape index (κ3) is 4.97. The molecule has 0 aromatic heterocycles. The van der Waals surface area contributed by atoms with Crippen molar-refractivity contribution in [3.63, 3.8) is 0 Å². The average molecular weight is 250 g/mol. The first-order valence-electron chi connectivity index (χ1n) is 6.46. The van der Waals surface area contributed by atoms with Crippen molar-refractivity contribution in [3.05, 3.63) is 0 Å². The van der Waals surface area contributed by atoms with E-state index < -0.39 is 13.3 Å². The fourth-order valence-electron chi connectivity index (χ4n) is 2.19. The highest BCUT2D eigenvalue weighted by molar-refractivity contribution is 7.54. The van der Waals surface area contributed by atoms with Gasteiger partial charge in [-0.05, 0) is 18.8 Å². The van der Waals surface area contributed by atoms with Gasteiger partial charge >= 0.3 is 7.68 Å². The lowest BCUT2D eigenvalue weighted by Crippen LogP contribution is -2.07. The zero-order valence-corrected chi connectivity index (χ0v) is 11.3. The van der Waals surface area contributed by atoms with Gasteiger partial charge in [-0.15, -0.1) is 0 Å². The SMILES string of the molecule is CC(C)P(=O)(F)OCCCC1CCCCC1. The van der Waals surface area contributed by atoms with E-state index >= 15 is 0 Å². The van der Waals surface area contributed by atoms with Crippen LogP contribution in [0.1, 0.15) is 58.8 Å². The Balaban J connectivity index is 2.09. The molecule has 0 heterocycles. The largest absolute Gasteiger partial charge is 0.369 e. The monoisotopic (exact) mass is 250 g/mol. The third-order valence-electron chi connectivity index (χ3n) is 3.37. The van der Waals surface area contributed by atoms with Crippen molar-refractivity contribution < 1.29 is 13.3 Å². The Kier molecular flexibility index (Phi) is 5.99. The average Bonchev–Trinajstić information content (AvgIpc) is 2.26. The minimum atomic E-state index is -3.83. The van der Waals surface area contributed by atoms with E-state index in [1.807, 2.05) is 0 Å². The molecule has 1 saturated carbocycles. The Labute approximate surface area is 98.5 Å². The molecule has 0 saturated heterocycles. The molecule has 1 atom stereocenters. The summed E-state index contributed by atoms with van der Waals surface area (Å²) in [6.07, 6.45) is 8.57. The highest BCUT2D eigenvalue weighted by Crippen LogP contribution is 2.53. The Bertz CT molecular complexity index is 237. The molecule has 0 aromatic rings. The van der Waals surface area contributed by atoms with Crippen molar-refractivity contribution in [1.82, 2.24) is 0 Å². The first kappa shape index (κ1) is 14.2. The zero-order chi connectivity index (χ0) is 12.0. The molecule has 0 bridgehead atoms. The molecule has 0 aliphatic heterocycles. The lowest BCUT2D eigenvalue weighted by atomic mass is 9.86. The van der Waals surface area contributed by atoms with Crippen molar-refractivity contribution >= 4 is 7.68 Å². The molecule has 1 aliphatic rings. The van der Waals surface area contributed by atoms with Crippen LogP contribution in [-0.4, -0.2) is 12.3 Å². The Hall–Kier alpha value is 0.120. The molecular weight excluding hydrogens is 226 g/mol. The van der Waals surface area contributed by atoms with E-state index in [1.165, 1.54) is 32.1 Å². The lowest BCUT2D eigenvalue weighted by molar-refractivity contribution is 0.251. The maximum atomic E-state index is 13.3. The lowest BCUT2D eigenvalue weighted by Gasteiger charge is -2.21. The molecular formula is C12H24FO2P. The second kappa shape index (κ2) is 6.76. The van der Waals surface area contributed by atoms with Crippen LogP contribution < -0.4 is 0 Å². The number of rotatable bonds is 6. The number of hydrogen-bond donors (Lipinski definition) is 0. The van der Waals surface area contributed by atoms with Gasteiger partial charge in [0.1, 0.15) is 0 Å². The summed E-state index contributed by atoms with van der Waals surface area (Å²) in [7, 11) is -3.83. The molecule has 1 rings (SSSR count). The molecule has 1 fully saturated rings. The van der Waals surface area contributed by atoms with Crippen LogP contribution in [0.2, 0.25) is 0 Å². The molecule has 2 nitrogen and oxygen atoms in total. The van der Waals surface area contributed by atoms with Gasteiger partial charge in [0, 0.05) is 0 Å². The van der Waals surface area contributed by atoms with E-state index in [0.717, 1.165) is 18.8 Å². The van der Waals surface area contributed by atoms with Crippen LogP contribution in [0.15, 0.2) is 0 Å². The van der Waals surface area contributed by atoms with Crippen molar-refractivity contribution in [2.75, 3.05) is 6.61 Å². The van der Waals surface area contributed by atoms with Crippen molar-refractivity contribution in [2.24, 2.45) is 5.92 Å². The molecule has 0 radical (unpaired) electrons. The second-order valence-electron chi connectivity index (χ2n) is 5.09. The third-order valence-corrected chi connectivity index (χ3v) is 5.13. The van der Waals surface area contributed by atoms with Crippen molar-refractivity contribution in [1.29, 1.82) is 0 Å². The van der Waals surface area contributed by atoms with E-state index in [1.54, 1.807) is 13.8 Å². The van der Waals surface area contributed by atoms with Gasteiger partial charge < -0.3 is 4.52 Å². The van der Waals surface area contributed by atoms with Gasteiger partial charge in [0.25, 0.3) is 0 Å². The summed E-state index contributed by atoms with van der Waals surface area (Å²) < 4.78 is 29.5. The summed E-state index contributed by atoms with van der Waals surface area (Å²) in [5, 5.41) is 0. The summed E-state index contributed by atoms with van der Waals surface area (Å²) in [6.45, 7) is 3.51. The normalized spacial score (nSPS) is 22.2. The summed E-state index contributed by atoms with van der Waals surface area (Å²) in [6, 6.07) is 0. The first-order valence-corrected chi connectivity index (χ1v) is 8.05. The molecule has 1 unspecified atom stereocenters. The summed E-state index contributed by atoms with van der Waals surface area (Å²) in [5.41, 5.74) is -0.512. The Morgan fingerprint density at radius 1 is 1.31 bits per heavy atom. The predicted octanol–water partition coefficient (Wildman–Crippen LogP) is 4.93. The predicted molar refractivity (Wildman–Crippen MR) is 65.6 cm³/mol. The minimum Gasteiger partial charge on any atom is -0.305 e. The topological polar surface area (TPSA) is 26.3 Å². The van der Waals surface area contributed by atoms with Gasteiger partial charge in [0.05, 0.1) is 12.3 Å². The maximum absolute atomic E-state index is 13.3. The summed E-state index contributed by atoms with van der Waals surface area (Å²) in [4.78, 5) is 0. The van der Waals surface area contributed by atoms with Crippen LogP contribution in [0.3, 0.4) is 0 Å². The summed E-state index contributed by atoms with van der Waals surface area (Å²) >= 11 is 0. The molecule has 4 heteroatoms. The molecule has 0 spiro atoms. The molecule has 0 N–H and O–H groups in total. The van der Waals surface area contributed by atoms with Gasteiger partial charge in [-0.3, -0.25) is 4.57 Å². The van der Waals surface area contributed by atoms with E-state index in [2.05, 4.69) is 0 Å². The standard InChI is InChI=1S/C12H24FO2P/c1-11(2)16(13,14)15-10-6-9-12-7-4-3-5-8-12/h11-12H,3-10H2,1-2H3. The fourth-order valence-corrected chi connectivity index (χ4v) is 2.86. The van der Waals surface area contributed by atoms with Crippen molar-refractivity contribution in [3.8, 4) is 0 Å². The minimum absolute atomic E-state index is 0.308. The first-order chi connectivity index (χ1) is 7.52. The van der Waals surface area contributed by atoms with E-state index in [0.29, 0.717) is 6.61 Å². The van der Waals surface area contributed by atoms with Crippen LogP contribution in [0.5, 0.6) is 0 Å². The maximum Gasteiger partial charge on any atom is 0.369 e. The van der Waals surface area contributed by atoms with E-state index in [4.69, 9.17) is 4.52 Å². The van der Waals surface area contributed by atoms with E-state index in [-0.39, 0.29) is 0 Å². The molecule has 16 heavy (non-hydrogen) atoms. The van der Waals surface area contributed by atoms with E-state index in [9.17, 15) is 8.76 Å². The van der Waals surface area contributed by atoms with Gasteiger partial charge in [-0.2, -0.15) is 4.20 Å². The zero-order valence-electron chi connectivity index (χ0n) is 10.5. The summed E-state index contributed by atoms with van der Waals surface area (Å²) in [5.74, 6) is 0.787. The smallest absolute Gasteiger partial charge is 0.305 e. The second-order valence-corrected chi connectivity index (χ2v) is 7.43. The molecule has 0 aromatic carbocycles.